The number of rotatable bonds is 5. The van der Waals surface area contributed by atoms with Gasteiger partial charge >= 0.3 is 0 Å². The Kier molecular flexibility index (Phi) is 4.92. The highest BCUT2D eigenvalue weighted by Gasteiger charge is 2.12. The lowest BCUT2D eigenvalue weighted by atomic mass is 10.2. The molecular weight excluding hydrogens is 256 g/mol. The molecule has 1 aromatic heterocycles. The highest BCUT2D eigenvalue weighted by molar-refractivity contribution is 5.83. The molecule has 1 aliphatic heterocycles. The minimum Gasteiger partial charge on any atom is -0.357 e. The summed E-state index contributed by atoms with van der Waals surface area (Å²) in [5.41, 5.74) is 0.948. The quantitative estimate of drug-likeness (QED) is 0.818. The van der Waals surface area contributed by atoms with Crippen molar-refractivity contribution in [3.63, 3.8) is 0 Å². The molecule has 108 valence electrons. The number of carbonyl (C=O) groups excluding carboxylic acids is 2. The van der Waals surface area contributed by atoms with Gasteiger partial charge in [0.1, 0.15) is 5.82 Å². The van der Waals surface area contributed by atoms with Gasteiger partial charge in [-0.05, 0) is 24.5 Å². The second kappa shape index (κ2) is 6.88. The lowest BCUT2D eigenvalue weighted by Gasteiger charge is -2.16. The van der Waals surface area contributed by atoms with Crippen LogP contribution in [-0.2, 0) is 16.1 Å². The van der Waals surface area contributed by atoms with E-state index in [0.717, 1.165) is 24.5 Å². The van der Waals surface area contributed by atoms with Crippen molar-refractivity contribution in [3.8, 4) is 0 Å². The third kappa shape index (κ3) is 4.22. The van der Waals surface area contributed by atoms with Gasteiger partial charge in [0.05, 0.1) is 6.54 Å². The molecule has 0 aliphatic carbocycles. The standard InChI is InChI=1S/C14H20N4O2/c1-11(19)15-10-14(20)17-9-12-4-5-13(16-8-12)18-6-2-3-7-18/h4-5,8H,2-3,6-7,9-10H2,1H3,(H,15,19)(H,17,20). The van der Waals surface area contributed by atoms with E-state index in [-0.39, 0.29) is 18.4 Å². The molecule has 0 atom stereocenters. The van der Waals surface area contributed by atoms with Crippen LogP contribution in [0, 0.1) is 0 Å². The molecule has 0 spiro atoms. The van der Waals surface area contributed by atoms with Gasteiger partial charge in [-0.3, -0.25) is 9.59 Å². The van der Waals surface area contributed by atoms with Crippen LogP contribution in [-0.4, -0.2) is 36.4 Å². The smallest absolute Gasteiger partial charge is 0.239 e. The predicted octanol–water partition coefficient (Wildman–Crippen LogP) is 0.434. The molecule has 6 nitrogen and oxygen atoms in total. The van der Waals surface area contributed by atoms with Gasteiger partial charge in [0.2, 0.25) is 11.8 Å². The molecule has 1 saturated heterocycles. The van der Waals surface area contributed by atoms with Gasteiger partial charge < -0.3 is 15.5 Å². The van der Waals surface area contributed by atoms with Crippen molar-refractivity contribution in [2.75, 3.05) is 24.5 Å². The zero-order valence-electron chi connectivity index (χ0n) is 11.7. The number of nitrogens with zero attached hydrogens (tertiary/aromatic N) is 2. The van der Waals surface area contributed by atoms with Crippen LogP contribution < -0.4 is 15.5 Å². The second-order valence-corrected chi connectivity index (χ2v) is 4.91. The summed E-state index contributed by atoms with van der Waals surface area (Å²) in [5.74, 6) is 0.580. The fourth-order valence-electron chi connectivity index (χ4n) is 2.12. The molecular formula is C14H20N4O2. The monoisotopic (exact) mass is 276 g/mol. The van der Waals surface area contributed by atoms with Crippen LogP contribution in [0.1, 0.15) is 25.3 Å². The SMILES string of the molecule is CC(=O)NCC(=O)NCc1ccc(N2CCCC2)nc1. The Bertz CT molecular complexity index is 467. The maximum atomic E-state index is 11.4. The summed E-state index contributed by atoms with van der Waals surface area (Å²) < 4.78 is 0. The lowest BCUT2D eigenvalue weighted by molar-refractivity contribution is -0.125. The zero-order valence-corrected chi connectivity index (χ0v) is 11.7. The average molecular weight is 276 g/mol. The topological polar surface area (TPSA) is 74.3 Å². The summed E-state index contributed by atoms with van der Waals surface area (Å²) in [6.45, 7) is 3.95. The van der Waals surface area contributed by atoms with Crippen LogP contribution in [0.5, 0.6) is 0 Å². The minimum atomic E-state index is -0.211. The number of hydrogen-bond acceptors (Lipinski definition) is 4. The third-order valence-corrected chi connectivity index (χ3v) is 3.23. The van der Waals surface area contributed by atoms with E-state index < -0.39 is 0 Å². The van der Waals surface area contributed by atoms with E-state index in [2.05, 4.69) is 20.5 Å². The molecule has 1 aliphatic rings. The summed E-state index contributed by atoms with van der Waals surface area (Å²) >= 11 is 0. The van der Waals surface area contributed by atoms with Crippen LogP contribution in [0.3, 0.4) is 0 Å². The third-order valence-electron chi connectivity index (χ3n) is 3.23. The van der Waals surface area contributed by atoms with Gasteiger partial charge in [0.15, 0.2) is 0 Å². The Morgan fingerprint density at radius 2 is 2.00 bits per heavy atom. The predicted molar refractivity (Wildman–Crippen MR) is 76.2 cm³/mol. The molecule has 20 heavy (non-hydrogen) atoms. The summed E-state index contributed by atoms with van der Waals surface area (Å²) in [7, 11) is 0. The molecule has 2 amide bonds. The highest BCUT2D eigenvalue weighted by atomic mass is 16.2. The Hall–Kier alpha value is -2.11. The second-order valence-electron chi connectivity index (χ2n) is 4.91. The molecule has 0 bridgehead atoms. The van der Waals surface area contributed by atoms with Gasteiger partial charge in [-0.2, -0.15) is 0 Å². The summed E-state index contributed by atoms with van der Waals surface area (Å²) in [4.78, 5) is 28.8. The maximum Gasteiger partial charge on any atom is 0.239 e. The Balaban J connectivity index is 1.78. The first-order valence-corrected chi connectivity index (χ1v) is 6.86. The fourth-order valence-corrected chi connectivity index (χ4v) is 2.12. The lowest BCUT2D eigenvalue weighted by Crippen LogP contribution is -2.35. The molecule has 0 radical (unpaired) electrons. The number of anilines is 1. The fraction of sp³-hybridized carbons (Fsp3) is 0.500. The van der Waals surface area contributed by atoms with Crippen molar-refractivity contribution in [1.29, 1.82) is 0 Å². The number of amides is 2. The number of nitrogens with one attached hydrogen (secondary N) is 2. The molecule has 0 unspecified atom stereocenters. The van der Waals surface area contributed by atoms with Crippen molar-refractivity contribution in [2.24, 2.45) is 0 Å². The van der Waals surface area contributed by atoms with Crippen molar-refractivity contribution in [2.45, 2.75) is 26.3 Å². The zero-order chi connectivity index (χ0) is 14.4. The molecule has 0 aromatic carbocycles. The summed E-state index contributed by atoms with van der Waals surface area (Å²) in [6.07, 6.45) is 4.23. The normalized spacial score (nSPS) is 14.2. The van der Waals surface area contributed by atoms with Crippen LogP contribution in [0.25, 0.3) is 0 Å². The van der Waals surface area contributed by atoms with Crippen LogP contribution in [0.2, 0.25) is 0 Å². The van der Waals surface area contributed by atoms with E-state index in [9.17, 15) is 9.59 Å². The first kappa shape index (κ1) is 14.3. The number of hydrogen-bond donors (Lipinski definition) is 2. The largest absolute Gasteiger partial charge is 0.357 e. The average Bonchev–Trinajstić information content (AvgIpc) is 2.97. The van der Waals surface area contributed by atoms with E-state index in [1.54, 1.807) is 6.20 Å². The van der Waals surface area contributed by atoms with Gasteiger partial charge in [0, 0.05) is 32.8 Å². The minimum absolute atomic E-state index is 0.00855. The van der Waals surface area contributed by atoms with Crippen LogP contribution >= 0.6 is 0 Å². The van der Waals surface area contributed by atoms with E-state index in [1.807, 2.05) is 12.1 Å². The molecule has 2 N–H and O–H groups in total. The number of carbonyl (C=O) groups is 2. The molecule has 2 rings (SSSR count). The van der Waals surface area contributed by atoms with Crippen LogP contribution in [0.15, 0.2) is 18.3 Å². The van der Waals surface area contributed by atoms with Crippen molar-refractivity contribution >= 4 is 17.6 Å². The highest BCUT2D eigenvalue weighted by Crippen LogP contribution is 2.17. The molecule has 6 heteroatoms. The van der Waals surface area contributed by atoms with E-state index >= 15 is 0 Å². The first-order chi connectivity index (χ1) is 9.65. The van der Waals surface area contributed by atoms with E-state index in [0.29, 0.717) is 6.54 Å². The van der Waals surface area contributed by atoms with Crippen molar-refractivity contribution in [1.82, 2.24) is 15.6 Å². The Morgan fingerprint density at radius 1 is 1.25 bits per heavy atom. The van der Waals surface area contributed by atoms with Gasteiger partial charge in [0.25, 0.3) is 0 Å². The number of aromatic nitrogens is 1. The van der Waals surface area contributed by atoms with Crippen molar-refractivity contribution < 1.29 is 9.59 Å². The van der Waals surface area contributed by atoms with Gasteiger partial charge in [-0.1, -0.05) is 6.07 Å². The van der Waals surface area contributed by atoms with Gasteiger partial charge in [-0.25, -0.2) is 4.98 Å². The van der Waals surface area contributed by atoms with Gasteiger partial charge in [-0.15, -0.1) is 0 Å². The Labute approximate surface area is 118 Å². The maximum absolute atomic E-state index is 11.4. The van der Waals surface area contributed by atoms with Crippen LogP contribution in [0.4, 0.5) is 5.82 Å². The summed E-state index contributed by atoms with van der Waals surface area (Å²) in [5, 5.41) is 5.19. The molecule has 0 saturated carbocycles. The van der Waals surface area contributed by atoms with E-state index in [1.165, 1.54) is 19.8 Å². The van der Waals surface area contributed by atoms with E-state index in [4.69, 9.17) is 0 Å². The number of pyridine rings is 1. The molecule has 1 fully saturated rings. The van der Waals surface area contributed by atoms with Crippen molar-refractivity contribution in [3.05, 3.63) is 23.9 Å². The summed E-state index contributed by atoms with van der Waals surface area (Å²) in [6, 6.07) is 3.96. The molecule has 1 aromatic rings. The Morgan fingerprint density at radius 3 is 2.60 bits per heavy atom. The first-order valence-electron chi connectivity index (χ1n) is 6.86. The molecule has 2 heterocycles.